The Labute approximate surface area is 165 Å². The van der Waals surface area contributed by atoms with E-state index >= 15 is 0 Å². The number of carbonyl (C=O) groups is 1. The molecule has 0 amide bonds. The van der Waals surface area contributed by atoms with E-state index in [-0.39, 0.29) is 17.0 Å². The number of hydrogen-bond donors (Lipinski definition) is 0. The molecule has 8 heteroatoms. The van der Waals surface area contributed by atoms with E-state index in [1.54, 1.807) is 19.2 Å². The molecule has 0 spiro atoms. The second kappa shape index (κ2) is 7.63. The van der Waals surface area contributed by atoms with Crippen LogP contribution in [0.25, 0.3) is 11.4 Å². The maximum atomic E-state index is 13.1. The third kappa shape index (κ3) is 3.47. The van der Waals surface area contributed by atoms with Gasteiger partial charge in [-0.1, -0.05) is 17.8 Å². The van der Waals surface area contributed by atoms with Crippen LogP contribution in [0.5, 0.6) is 11.5 Å². The van der Waals surface area contributed by atoms with E-state index in [1.165, 1.54) is 28.6 Å². The Balaban J connectivity index is 1.63. The Morgan fingerprint density at radius 3 is 2.71 bits per heavy atom. The number of nitrogens with zero attached hydrogens (tertiary/aromatic N) is 3. The number of carbonyl (C=O) groups excluding carboxylic acids is 1. The smallest absolute Gasteiger partial charge is 0.250 e. The zero-order chi connectivity index (χ0) is 19.7. The average Bonchev–Trinajstić information content (AvgIpc) is 3.14. The number of methoxy groups -OCH3 is 1. The molecule has 1 aliphatic heterocycles. The van der Waals surface area contributed by atoms with Crippen molar-refractivity contribution >= 4 is 17.7 Å². The molecule has 28 heavy (non-hydrogen) atoms. The van der Waals surface area contributed by atoms with Gasteiger partial charge in [-0.05, 0) is 48.9 Å². The van der Waals surface area contributed by atoms with Gasteiger partial charge in [0.25, 0.3) is 5.91 Å². The van der Waals surface area contributed by atoms with Gasteiger partial charge in [-0.3, -0.25) is 4.79 Å². The van der Waals surface area contributed by atoms with Crippen LogP contribution in [0, 0.1) is 5.82 Å². The molecule has 0 fully saturated rings. The fraction of sp³-hybridized carbons (Fsp3) is 0.250. The first-order chi connectivity index (χ1) is 13.6. The van der Waals surface area contributed by atoms with E-state index in [9.17, 15) is 9.18 Å². The summed E-state index contributed by atoms with van der Waals surface area (Å²) < 4.78 is 25.4. The SMILES string of the molecule is CCOc1ccc([C@H]2CC(=O)n3nc(-c4ccc(F)cc4)nc3S2)cc1OC. The molecule has 2 heterocycles. The Kier molecular flexibility index (Phi) is 5.04. The van der Waals surface area contributed by atoms with Gasteiger partial charge in [0.05, 0.1) is 13.7 Å². The van der Waals surface area contributed by atoms with Crippen LogP contribution < -0.4 is 9.47 Å². The molecule has 1 atom stereocenters. The number of rotatable bonds is 5. The summed E-state index contributed by atoms with van der Waals surface area (Å²) in [6.07, 6.45) is 0.293. The fourth-order valence-corrected chi connectivity index (χ4v) is 4.16. The van der Waals surface area contributed by atoms with E-state index in [0.717, 1.165) is 5.56 Å². The number of thioether (sulfide) groups is 1. The van der Waals surface area contributed by atoms with Gasteiger partial charge in [-0.15, -0.1) is 5.10 Å². The maximum Gasteiger partial charge on any atom is 0.250 e. The topological polar surface area (TPSA) is 66.2 Å². The molecular formula is C20H18FN3O3S. The highest BCUT2D eigenvalue weighted by molar-refractivity contribution is 7.99. The monoisotopic (exact) mass is 399 g/mol. The molecule has 0 aliphatic carbocycles. The predicted molar refractivity (Wildman–Crippen MR) is 103 cm³/mol. The number of halogens is 1. The Morgan fingerprint density at radius 2 is 2.00 bits per heavy atom. The van der Waals surface area contributed by atoms with Crippen molar-refractivity contribution in [2.24, 2.45) is 0 Å². The number of fused-ring (bicyclic) bond motifs is 1. The molecule has 3 aromatic rings. The van der Waals surface area contributed by atoms with Crippen LogP contribution in [-0.2, 0) is 0 Å². The first-order valence-electron chi connectivity index (χ1n) is 8.82. The third-order valence-electron chi connectivity index (χ3n) is 4.38. The van der Waals surface area contributed by atoms with Crippen molar-refractivity contribution < 1.29 is 18.7 Å². The van der Waals surface area contributed by atoms with Crippen molar-refractivity contribution in [2.75, 3.05) is 13.7 Å². The molecule has 2 aromatic carbocycles. The third-order valence-corrected chi connectivity index (χ3v) is 5.58. The van der Waals surface area contributed by atoms with Crippen LogP contribution in [0.1, 0.15) is 29.0 Å². The lowest BCUT2D eigenvalue weighted by molar-refractivity contribution is 0.0868. The maximum absolute atomic E-state index is 13.1. The number of ether oxygens (including phenoxy) is 2. The minimum atomic E-state index is -0.331. The van der Waals surface area contributed by atoms with E-state index in [0.29, 0.717) is 41.1 Å². The summed E-state index contributed by atoms with van der Waals surface area (Å²) in [6, 6.07) is 11.6. The molecule has 0 saturated carbocycles. The fourth-order valence-electron chi connectivity index (χ4n) is 3.02. The van der Waals surface area contributed by atoms with Gasteiger partial charge in [0.2, 0.25) is 0 Å². The van der Waals surface area contributed by atoms with Crippen LogP contribution in [0.3, 0.4) is 0 Å². The number of benzene rings is 2. The lowest BCUT2D eigenvalue weighted by atomic mass is 10.1. The molecular weight excluding hydrogens is 381 g/mol. The second-order valence-corrected chi connectivity index (χ2v) is 7.35. The summed E-state index contributed by atoms with van der Waals surface area (Å²) >= 11 is 1.47. The van der Waals surface area contributed by atoms with Crippen molar-refractivity contribution in [3.8, 4) is 22.9 Å². The van der Waals surface area contributed by atoms with Gasteiger partial charge in [0.1, 0.15) is 5.82 Å². The summed E-state index contributed by atoms with van der Waals surface area (Å²) in [5.74, 6) is 1.24. The summed E-state index contributed by atoms with van der Waals surface area (Å²) in [5, 5.41) is 4.72. The molecule has 0 N–H and O–H groups in total. The molecule has 0 bridgehead atoms. The van der Waals surface area contributed by atoms with Gasteiger partial charge in [-0.2, -0.15) is 4.68 Å². The van der Waals surface area contributed by atoms with Crippen LogP contribution >= 0.6 is 11.8 Å². The predicted octanol–water partition coefficient (Wildman–Crippen LogP) is 4.37. The lowest BCUT2D eigenvalue weighted by Gasteiger charge is -2.21. The Morgan fingerprint density at radius 1 is 1.21 bits per heavy atom. The van der Waals surface area contributed by atoms with Crippen LogP contribution in [0.4, 0.5) is 4.39 Å². The zero-order valence-electron chi connectivity index (χ0n) is 15.4. The lowest BCUT2D eigenvalue weighted by Crippen LogP contribution is -2.21. The summed E-state index contributed by atoms with van der Waals surface area (Å²) in [5.41, 5.74) is 1.62. The molecule has 0 radical (unpaired) electrons. The second-order valence-electron chi connectivity index (χ2n) is 6.18. The van der Waals surface area contributed by atoms with Crippen LogP contribution in [0.2, 0.25) is 0 Å². The van der Waals surface area contributed by atoms with Gasteiger partial charge in [0, 0.05) is 17.2 Å². The minimum absolute atomic E-state index is 0.102. The molecule has 0 unspecified atom stereocenters. The van der Waals surface area contributed by atoms with Gasteiger partial charge in [0.15, 0.2) is 22.5 Å². The average molecular weight is 399 g/mol. The molecule has 4 rings (SSSR count). The molecule has 144 valence electrons. The van der Waals surface area contributed by atoms with Crippen molar-refractivity contribution in [2.45, 2.75) is 23.8 Å². The van der Waals surface area contributed by atoms with Gasteiger partial charge >= 0.3 is 0 Å². The van der Waals surface area contributed by atoms with Crippen molar-refractivity contribution in [3.05, 3.63) is 53.8 Å². The standard InChI is InChI=1S/C20H18FN3O3S/c1-3-27-15-9-6-13(10-16(15)26-2)17-11-18(25)24-20(28-17)22-19(23-24)12-4-7-14(21)8-5-12/h4-10,17H,3,11H2,1-2H3/t17-/m1/s1. The Hall–Kier alpha value is -2.87. The minimum Gasteiger partial charge on any atom is -0.493 e. The summed E-state index contributed by atoms with van der Waals surface area (Å²) in [7, 11) is 1.59. The summed E-state index contributed by atoms with van der Waals surface area (Å²) in [6.45, 7) is 2.45. The van der Waals surface area contributed by atoms with Crippen molar-refractivity contribution in [1.29, 1.82) is 0 Å². The molecule has 0 saturated heterocycles. The largest absolute Gasteiger partial charge is 0.493 e. The number of hydrogen-bond acceptors (Lipinski definition) is 6. The first kappa shape index (κ1) is 18.5. The highest BCUT2D eigenvalue weighted by Crippen LogP contribution is 2.43. The quantitative estimate of drug-likeness (QED) is 0.635. The zero-order valence-corrected chi connectivity index (χ0v) is 16.2. The van der Waals surface area contributed by atoms with E-state index in [2.05, 4.69) is 10.1 Å². The van der Waals surface area contributed by atoms with Crippen LogP contribution in [-0.4, -0.2) is 34.4 Å². The first-order valence-corrected chi connectivity index (χ1v) is 9.70. The van der Waals surface area contributed by atoms with Gasteiger partial charge in [-0.25, -0.2) is 9.37 Å². The van der Waals surface area contributed by atoms with E-state index in [4.69, 9.17) is 9.47 Å². The highest BCUT2D eigenvalue weighted by Gasteiger charge is 2.30. The molecule has 6 nitrogen and oxygen atoms in total. The normalized spacial score (nSPS) is 16.0. The molecule has 1 aliphatic rings. The van der Waals surface area contributed by atoms with E-state index < -0.39 is 0 Å². The summed E-state index contributed by atoms with van der Waals surface area (Å²) in [4.78, 5) is 17.1. The van der Waals surface area contributed by atoms with Crippen LogP contribution in [0.15, 0.2) is 47.6 Å². The number of aromatic nitrogens is 3. The van der Waals surface area contributed by atoms with Crippen molar-refractivity contribution in [3.63, 3.8) is 0 Å². The van der Waals surface area contributed by atoms with E-state index in [1.807, 2.05) is 25.1 Å². The van der Waals surface area contributed by atoms with Crippen molar-refractivity contribution in [1.82, 2.24) is 14.8 Å². The molecule has 1 aromatic heterocycles. The Bertz CT molecular complexity index is 1020. The van der Waals surface area contributed by atoms with Gasteiger partial charge < -0.3 is 9.47 Å². The highest BCUT2D eigenvalue weighted by atomic mass is 32.2.